The van der Waals surface area contributed by atoms with E-state index in [1.807, 2.05) is 184 Å². The molecule has 20 aromatic rings. The van der Waals surface area contributed by atoms with Crippen molar-refractivity contribution in [3.05, 3.63) is 454 Å². The Balaban J connectivity index is 0.000000119. The fourth-order valence-electron chi connectivity index (χ4n) is 16.6. The third-order valence-corrected chi connectivity index (χ3v) is 23.0. The minimum absolute atomic E-state index is 0.650. The first-order valence-corrected chi connectivity index (χ1v) is 43.1. The van der Waals surface area contributed by atoms with Crippen molar-refractivity contribution >= 4 is 109 Å². The third kappa shape index (κ3) is 18.2. The minimum Gasteiger partial charge on any atom is -0.497 e. The number of methoxy groups -OCH3 is 2. The molecular formula is C120H86Cl2O4. The molecule has 0 N–H and O–H groups in total. The van der Waals surface area contributed by atoms with Crippen molar-refractivity contribution in [3.63, 3.8) is 0 Å². The predicted molar refractivity (Wildman–Crippen MR) is 532 cm³/mol. The molecule has 0 saturated heterocycles. The molecule has 20 aromatic carbocycles. The van der Waals surface area contributed by atoms with Crippen LogP contribution in [0.1, 0.15) is 70.8 Å². The first-order valence-electron chi connectivity index (χ1n) is 42.3. The van der Waals surface area contributed by atoms with Gasteiger partial charge in [0.1, 0.15) is 23.0 Å². The number of hydrogen-bond donors (Lipinski definition) is 0. The second kappa shape index (κ2) is 39.1. The average molecular weight is 1660 g/mol. The fraction of sp³-hybridized carbons (Fsp3) is 0.0667. The van der Waals surface area contributed by atoms with Crippen molar-refractivity contribution in [2.75, 3.05) is 27.4 Å². The lowest BCUT2D eigenvalue weighted by molar-refractivity contribution is 0.340. The van der Waals surface area contributed by atoms with Crippen LogP contribution >= 0.6 is 23.2 Å². The standard InChI is InChI=1S/C32H22.C30H25ClO2.C30H18.C28H21ClO2/c1-2-24-17-20-31-29(21-18-25-11-5-3-6-12-25)27-15-9-10-16-28(27)30(32(31)23-24)22-19-26-13-7-4-8-14-26;1-3-32-23-14-9-20(10-15-23)29-25-7-5-6-8-26(25)30(28-19-22(31)13-18-27(28)29)21-11-16-24(17-12-21)33-4-2;1-3-11-23(12-4-1)19-21-29-25-15-7-9-17-27(25)30(28-18-10-8-16-26(28)29)22-20-24-13-5-2-6-14-24;1-30-21-12-7-18(8-13-21)27-23-5-3-4-6-24(23)28(19-9-14-22(31-2)15-10-19)26-17-20(29)11-16-25(26)27/h3-17,20,23H,2H2,1H3;5-19H,3-4H2,1-2H3;1-18H;3-17H,1-2H3. The van der Waals surface area contributed by atoms with Crippen molar-refractivity contribution < 1.29 is 18.9 Å². The summed E-state index contributed by atoms with van der Waals surface area (Å²) in [6.07, 6.45) is 0.985. The first-order chi connectivity index (χ1) is 62.1. The summed E-state index contributed by atoms with van der Waals surface area (Å²) >= 11 is 13.0. The molecule has 0 fully saturated rings. The molecule has 0 aromatic heterocycles. The van der Waals surface area contributed by atoms with Crippen LogP contribution in [0.5, 0.6) is 23.0 Å². The van der Waals surface area contributed by atoms with E-state index in [9.17, 15) is 0 Å². The molecule has 0 bridgehead atoms. The molecule has 0 aliphatic carbocycles. The highest BCUT2D eigenvalue weighted by molar-refractivity contribution is 6.33. The number of fused-ring (bicyclic) bond motifs is 8. The smallest absolute Gasteiger partial charge is 0.119 e. The van der Waals surface area contributed by atoms with Crippen molar-refractivity contribution in [1.29, 1.82) is 0 Å². The zero-order valence-electron chi connectivity index (χ0n) is 70.5. The van der Waals surface area contributed by atoms with Crippen molar-refractivity contribution in [1.82, 2.24) is 0 Å². The molecule has 6 heteroatoms. The van der Waals surface area contributed by atoms with Gasteiger partial charge in [-0.05, 0) is 284 Å². The highest BCUT2D eigenvalue weighted by atomic mass is 35.5. The topological polar surface area (TPSA) is 36.9 Å². The number of benzene rings is 20. The molecule has 0 heterocycles. The van der Waals surface area contributed by atoms with Gasteiger partial charge in [-0.1, -0.05) is 344 Å². The fourth-order valence-corrected chi connectivity index (χ4v) is 16.9. The molecule has 0 amide bonds. The van der Waals surface area contributed by atoms with E-state index in [0.717, 1.165) is 155 Å². The maximum atomic E-state index is 6.51. The lowest BCUT2D eigenvalue weighted by atomic mass is 9.86. The molecule has 0 aliphatic rings. The van der Waals surface area contributed by atoms with E-state index >= 15 is 0 Å². The molecule has 4 nitrogen and oxygen atoms in total. The Bertz CT molecular complexity index is 7480. The van der Waals surface area contributed by atoms with Crippen molar-refractivity contribution in [2.24, 2.45) is 0 Å². The lowest BCUT2D eigenvalue weighted by Gasteiger charge is -2.18. The summed E-state index contributed by atoms with van der Waals surface area (Å²) in [6.45, 7) is 7.49. The molecule has 0 unspecified atom stereocenters. The van der Waals surface area contributed by atoms with E-state index in [4.69, 9.17) is 42.1 Å². The quantitative estimate of drug-likeness (QED) is 0.0955. The van der Waals surface area contributed by atoms with Gasteiger partial charge in [-0.2, -0.15) is 0 Å². The molecule has 0 saturated carbocycles. The Morgan fingerprint density at radius 1 is 0.206 bits per heavy atom. The Hall–Kier alpha value is -15.5. The monoisotopic (exact) mass is 1660 g/mol. The van der Waals surface area contributed by atoms with Crippen LogP contribution in [0.2, 0.25) is 10.0 Å². The zero-order valence-corrected chi connectivity index (χ0v) is 72.0. The number of rotatable bonds is 11. The van der Waals surface area contributed by atoms with Gasteiger partial charge in [-0.25, -0.2) is 0 Å². The maximum absolute atomic E-state index is 6.51. The number of aryl methyl sites for hydroxylation is 1. The van der Waals surface area contributed by atoms with Gasteiger partial charge in [-0.3, -0.25) is 0 Å². The van der Waals surface area contributed by atoms with Crippen LogP contribution in [0.4, 0.5) is 0 Å². The van der Waals surface area contributed by atoms with Crippen molar-refractivity contribution in [2.45, 2.75) is 27.2 Å². The van der Waals surface area contributed by atoms with Gasteiger partial charge in [0.05, 0.1) is 27.4 Å². The maximum Gasteiger partial charge on any atom is 0.119 e. The predicted octanol–water partition coefficient (Wildman–Crippen LogP) is 30.9. The Morgan fingerprint density at radius 3 is 0.706 bits per heavy atom. The van der Waals surface area contributed by atoms with E-state index in [0.29, 0.717) is 13.2 Å². The first kappa shape index (κ1) is 82.8. The Kier molecular flexibility index (Phi) is 25.7. The van der Waals surface area contributed by atoms with Crippen LogP contribution in [0.15, 0.2) is 394 Å². The average Bonchev–Trinajstić information content (AvgIpc) is 0.761. The second-order valence-corrected chi connectivity index (χ2v) is 31.0. The molecule has 0 spiro atoms. The molecule has 126 heavy (non-hydrogen) atoms. The van der Waals surface area contributed by atoms with Gasteiger partial charge in [0.25, 0.3) is 0 Å². The lowest BCUT2D eigenvalue weighted by Crippen LogP contribution is -1.93. The summed E-state index contributed by atoms with van der Waals surface area (Å²) in [5.74, 6) is 30.7. The van der Waals surface area contributed by atoms with E-state index < -0.39 is 0 Å². The van der Waals surface area contributed by atoms with Crippen molar-refractivity contribution in [3.8, 4) is 115 Å². The van der Waals surface area contributed by atoms with Gasteiger partial charge >= 0.3 is 0 Å². The Morgan fingerprint density at radius 2 is 0.437 bits per heavy atom. The van der Waals surface area contributed by atoms with Gasteiger partial charge in [-0.15, -0.1) is 0 Å². The highest BCUT2D eigenvalue weighted by Crippen LogP contribution is 2.48. The molecule has 604 valence electrons. The third-order valence-electron chi connectivity index (χ3n) is 22.5. The number of hydrogen-bond acceptors (Lipinski definition) is 4. The van der Waals surface area contributed by atoms with E-state index in [-0.39, 0.29) is 0 Å². The van der Waals surface area contributed by atoms with E-state index in [1.165, 1.54) is 65.5 Å². The summed E-state index contributed by atoms with van der Waals surface area (Å²) in [5.41, 5.74) is 18.9. The normalized spacial score (nSPS) is 10.7. The van der Waals surface area contributed by atoms with Crippen LogP contribution in [0.3, 0.4) is 0 Å². The van der Waals surface area contributed by atoms with E-state index in [1.54, 1.807) is 14.2 Å². The van der Waals surface area contributed by atoms with Crippen LogP contribution in [-0.4, -0.2) is 27.4 Å². The summed E-state index contributed by atoms with van der Waals surface area (Å²) in [7, 11) is 3.37. The Labute approximate surface area is 746 Å². The largest absolute Gasteiger partial charge is 0.497 e. The zero-order chi connectivity index (χ0) is 86.1. The summed E-state index contributed by atoms with van der Waals surface area (Å²) in [6, 6.07) is 135. The van der Waals surface area contributed by atoms with Crippen LogP contribution < -0.4 is 18.9 Å². The highest BCUT2D eigenvalue weighted by Gasteiger charge is 2.21. The SMILES string of the molecule is C(#Cc1c2ccccc2c(C#Cc2ccccc2)c2ccccc12)c1ccccc1.CCOc1ccc(-c2c3ccccc3c(-c3ccc(OCC)cc3)c3cc(Cl)ccc23)cc1.CCc1ccc2c(C#Cc3ccccc3)c3ccccc3c(C#Cc3ccccc3)c2c1.COc1ccc(-c2c3ccccc3c(-c3ccc(OC)cc3)c3cc(Cl)ccc23)cc1. The number of ether oxygens (including phenoxy) is 4. The van der Waals surface area contributed by atoms with Crippen LogP contribution in [-0.2, 0) is 6.42 Å². The molecule has 0 radical (unpaired) electrons. The molecule has 20 rings (SSSR count). The summed E-state index contributed by atoms with van der Waals surface area (Å²) in [5, 5.41) is 20.0. The van der Waals surface area contributed by atoms with Gasteiger partial charge < -0.3 is 18.9 Å². The van der Waals surface area contributed by atoms with Gasteiger partial charge in [0.15, 0.2) is 0 Å². The molecule has 0 atom stereocenters. The summed E-state index contributed by atoms with van der Waals surface area (Å²) < 4.78 is 22.1. The minimum atomic E-state index is 0.650. The molecule has 0 aliphatic heterocycles. The molecular weight excluding hydrogens is 1580 g/mol. The number of halogens is 2. The van der Waals surface area contributed by atoms with Crippen LogP contribution in [0.25, 0.3) is 131 Å². The van der Waals surface area contributed by atoms with E-state index in [2.05, 4.69) is 279 Å². The summed E-state index contributed by atoms with van der Waals surface area (Å²) in [4.78, 5) is 0. The van der Waals surface area contributed by atoms with Crippen LogP contribution in [0, 0.1) is 47.4 Å². The van der Waals surface area contributed by atoms with Gasteiger partial charge in [0, 0.05) is 54.6 Å². The van der Waals surface area contributed by atoms with Gasteiger partial charge in [0.2, 0.25) is 0 Å². The second-order valence-electron chi connectivity index (χ2n) is 30.2.